The number of carbonyl (C=O) groups is 3. The molecule has 25 heavy (non-hydrogen) atoms. The number of hydrogen-bond donors (Lipinski definition) is 1. The van der Waals surface area contributed by atoms with E-state index in [0.29, 0.717) is 11.3 Å². The van der Waals surface area contributed by atoms with Crippen molar-refractivity contribution < 1.29 is 29.0 Å². The normalized spacial score (nSPS) is 13.5. The third kappa shape index (κ3) is 3.60. The number of methoxy groups -OCH3 is 2. The predicted octanol–water partition coefficient (Wildman–Crippen LogP) is 2.18. The van der Waals surface area contributed by atoms with Gasteiger partial charge in [-0.05, 0) is 42.8 Å². The van der Waals surface area contributed by atoms with Gasteiger partial charge >= 0.3 is 17.9 Å². The van der Waals surface area contributed by atoms with E-state index >= 15 is 0 Å². The van der Waals surface area contributed by atoms with Gasteiger partial charge in [-0.25, -0.2) is 14.4 Å². The third-order valence-electron chi connectivity index (χ3n) is 3.61. The smallest absolute Gasteiger partial charge is 0.355 e. The van der Waals surface area contributed by atoms with Gasteiger partial charge in [0.05, 0.1) is 25.4 Å². The first-order valence-corrected chi connectivity index (χ1v) is 7.29. The average molecular weight is 343 g/mol. The van der Waals surface area contributed by atoms with Crippen LogP contribution in [0, 0.1) is 6.92 Å². The number of rotatable bonds is 4. The second kappa shape index (κ2) is 7.48. The number of hydrogen-bond acceptors (Lipinski definition) is 6. The second-order valence-corrected chi connectivity index (χ2v) is 5.12. The number of aryl methyl sites for hydroxylation is 1. The van der Waals surface area contributed by atoms with Crippen molar-refractivity contribution in [3.63, 3.8) is 0 Å². The summed E-state index contributed by atoms with van der Waals surface area (Å²) in [6, 6.07) is 4.59. The van der Waals surface area contributed by atoms with Gasteiger partial charge in [0.25, 0.3) is 0 Å². The number of anilines is 1. The van der Waals surface area contributed by atoms with Gasteiger partial charge in [-0.3, -0.25) is 0 Å². The number of benzene rings is 1. The van der Waals surface area contributed by atoms with Crippen LogP contribution >= 0.6 is 0 Å². The first-order valence-electron chi connectivity index (χ1n) is 7.29. The molecule has 7 heteroatoms. The van der Waals surface area contributed by atoms with Crippen molar-refractivity contribution >= 4 is 23.6 Å². The van der Waals surface area contributed by atoms with Crippen LogP contribution in [-0.2, 0) is 19.1 Å². The first kappa shape index (κ1) is 18.0. The van der Waals surface area contributed by atoms with E-state index in [1.807, 2.05) is 0 Å². The Morgan fingerprint density at radius 3 is 2.28 bits per heavy atom. The SMILES string of the molecule is COC(=O)C1=C(C(=O)OC)N(c2ccc(C(=O)O)c(C)c2)C=CC=C1. The second-order valence-electron chi connectivity index (χ2n) is 5.12. The van der Waals surface area contributed by atoms with E-state index in [4.69, 9.17) is 14.6 Å². The standard InChI is InChI=1S/C18H17NO6/c1-11-10-12(7-8-13(11)16(20)21)19-9-5-4-6-14(17(22)24-2)15(19)18(23)25-3/h4-10H,1-3H3,(H,20,21). The monoisotopic (exact) mass is 343 g/mol. The van der Waals surface area contributed by atoms with E-state index in [1.54, 1.807) is 37.4 Å². The maximum atomic E-state index is 12.3. The zero-order valence-electron chi connectivity index (χ0n) is 14.0. The quantitative estimate of drug-likeness (QED) is 0.838. The van der Waals surface area contributed by atoms with Crippen LogP contribution in [0.1, 0.15) is 15.9 Å². The van der Waals surface area contributed by atoms with Crippen LogP contribution in [0.25, 0.3) is 0 Å². The van der Waals surface area contributed by atoms with Crippen LogP contribution in [0.15, 0.2) is 53.9 Å². The molecule has 1 aromatic carbocycles. The Labute approximate surface area is 144 Å². The van der Waals surface area contributed by atoms with Gasteiger partial charge in [0, 0.05) is 11.9 Å². The molecule has 2 rings (SSSR count). The number of carboxylic acid groups (broad SMARTS) is 1. The number of carboxylic acids is 1. The number of carbonyl (C=O) groups excluding carboxylic acids is 2. The van der Waals surface area contributed by atoms with Gasteiger partial charge in [0.15, 0.2) is 0 Å². The maximum absolute atomic E-state index is 12.3. The Morgan fingerprint density at radius 1 is 1.04 bits per heavy atom. The number of esters is 2. The summed E-state index contributed by atoms with van der Waals surface area (Å²) in [6.07, 6.45) is 6.26. The van der Waals surface area contributed by atoms with Crippen molar-refractivity contribution in [1.82, 2.24) is 0 Å². The minimum absolute atomic E-state index is 0.0261. The highest BCUT2D eigenvalue weighted by Gasteiger charge is 2.27. The summed E-state index contributed by atoms with van der Waals surface area (Å²) in [5.74, 6) is -2.46. The fourth-order valence-electron chi connectivity index (χ4n) is 2.40. The van der Waals surface area contributed by atoms with Crippen molar-refractivity contribution in [2.45, 2.75) is 6.92 Å². The van der Waals surface area contributed by atoms with Crippen LogP contribution in [0.3, 0.4) is 0 Å². The van der Waals surface area contributed by atoms with Gasteiger partial charge in [0.2, 0.25) is 0 Å². The minimum Gasteiger partial charge on any atom is -0.478 e. The molecule has 0 saturated carbocycles. The molecule has 0 fully saturated rings. The third-order valence-corrected chi connectivity index (χ3v) is 3.61. The summed E-state index contributed by atoms with van der Waals surface area (Å²) >= 11 is 0. The number of aromatic carboxylic acids is 1. The minimum atomic E-state index is -1.05. The molecule has 0 saturated heterocycles. The summed E-state index contributed by atoms with van der Waals surface area (Å²) in [7, 11) is 2.42. The van der Waals surface area contributed by atoms with E-state index < -0.39 is 17.9 Å². The van der Waals surface area contributed by atoms with E-state index in [9.17, 15) is 14.4 Å². The Morgan fingerprint density at radius 2 is 1.72 bits per heavy atom. The molecule has 0 aromatic heterocycles. The molecule has 1 N–H and O–H groups in total. The van der Waals surface area contributed by atoms with Crippen molar-refractivity contribution in [3.8, 4) is 0 Å². The van der Waals surface area contributed by atoms with E-state index in [-0.39, 0.29) is 16.8 Å². The molecular weight excluding hydrogens is 326 g/mol. The lowest BCUT2D eigenvalue weighted by molar-refractivity contribution is -0.139. The van der Waals surface area contributed by atoms with Crippen molar-refractivity contribution in [2.75, 3.05) is 19.1 Å². The molecule has 0 unspecified atom stereocenters. The number of ether oxygens (including phenoxy) is 2. The highest BCUT2D eigenvalue weighted by atomic mass is 16.5. The van der Waals surface area contributed by atoms with Crippen molar-refractivity contribution in [2.24, 2.45) is 0 Å². The fourth-order valence-corrected chi connectivity index (χ4v) is 2.40. The van der Waals surface area contributed by atoms with Crippen LogP contribution in [0.4, 0.5) is 5.69 Å². The number of nitrogens with zero attached hydrogens (tertiary/aromatic N) is 1. The highest BCUT2D eigenvalue weighted by Crippen LogP contribution is 2.28. The van der Waals surface area contributed by atoms with Gasteiger partial charge in [-0.2, -0.15) is 0 Å². The Hall–Kier alpha value is -3.35. The van der Waals surface area contributed by atoms with Crippen LogP contribution < -0.4 is 4.90 Å². The van der Waals surface area contributed by atoms with Crippen molar-refractivity contribution in [3.05, 3.63) is 65.0 Å². The summed E-state index contributed by atoms with van der Waals surface area (Å²) in [5, 5.41) is 9.15. The molecule has 1 aliphatic heterocycles. The Kier molecular flexibility index (Phi) is 5.38. The molecule has 0 aliphatic carbocycles. The molecule has 0 radical (unpaired) electrons. The zero-order chi connectivity index (χ0) is 18.6. The zero-order valence-corrected chi connectivity index (χ0v) is 14.0. The molecule has 0 bridgehead atoms. The molecule has 1 heterocycles. The largest absolute Gasteiger partial charge is 0.478 e. The summed E-state index contributed by atoms with van der Waals surface area (Å²) in [4.78, 5) is 37.0. The molecule has 0 amide bonds. The van der Waals surface area contributed by atoms with Crippen LogP contribution in [0.5, 0.6) is 0 Å². The highest BCUT2D eigenvalue weighted by molar-refractivity contribution is 6.05. The fraction of sp³-hybridized carbons (Fsp3) is 0.167. The first-order chi connectivity index (χ1) is 11.9. The molecular formula is C18H17NO6. The van der Waals surface area contributed by atoms with Crippen LogP contribution in [-0.4, -0.2) is 37.2 Å². The maximum Gasteiger partial charge on any atom is 0.355 e. The summed E-state index contributed by atoms with van der Waals surface area (Å²) < 4.78 is 9.55. The molecule has 1 aliphatic rings. The molecule has 130 valence electrons. The van der Waals surface area contributed by atoms with Gasteiger partial charge in [-0.15, -0.1) is 0 Å². The van der Waals surface area contributed by atoms with E-state index in [0.717, 1.165) is 0 Å². The van der Waals surface area contributed by atoms with Crippen molar-refractivity contribution in [1.29, 1.82) is 0 Å². The summed E-state index contributed by atoms with van der Waals surface area (Å²) in [5.41, 5.74) is 1.17. The van der Waals surface area contributed by atoms with Gasteiger partial charge in [-0.1, -0.05) is 6.08 Å². The molecule has 0 spiro atoms. The Bertz CT molecular complexity index is 819. The molecule has 0 atom stereocenters. The van der Waals surface area contributed by atoms with Gasteiger partial charge in [0.1, 0.15) is 5.70 Å². The topological polar surface area (TPSA) is 93.1 Å². The average Bonchev–Trinajstić information content (AvgIpc) is 2.82. The van der Waals surface area contributed by atoms with Crippen LogP contribution in [0.2, 0.25) is 0 Å². The van der Waals surface area contributed by atoms with E-state index in [1.165, 1.54) is 31.3 Å². The predicted molar refractivity (Wildman–Crippen MR) is 90.0 cm³/mol. The van der Waals surface area contributed by atoms with E-state index in [2.05, 4.69) is 0 Å². The number of allylic oxidation sites excluding steroid dienone is 2. The molecule has 7 nitrogen and oxygen atoms in total. The Balaban J connectivity index is 2.64. The lowest BCUT2D eigenvalue weighted by Crippen LogP contribution is -2.27. The molecule has 1 aromatic rings. The lowest BCUT2D eigenvalue weighted by atomic mass is 10.1. The lowest BCUT2D eigenvalue weighted by Gasteiger charge is -2.23. The summed E-state index contributed by atoms with van der Waals surface area (Å²) in [6.45, 7) is 1.65. The van der Waals surface area contributed by atoms with Gasteiger partial charge < -0.3 is 19.5 Å².